The molecule has 0 bridgehead atoms. The van der Waals surface area contributed by atoms with Gasteiger partial charge in [-0.2, -0.15) is 9.57 Å². The summed E-state index contributed by atoms with van der Waals surface area (Å²) in [6.45, 7) is 2.28. The molecule has 1 aromatic carbocycles. The van der Waals surface area contributed by atoms with Gasteiger partial charge in [-0.1, -0.05) is 29.8 Å². The summed E-state index contributed by atoms with van der Waals surface area (Å²) in [6.07, 6.45) is 0. The van der Waals surface area contributed by atoms with E-state index in [0.29, 0.717) is 11.4 Å². The Morgan fingerprint density at radius 1 is 1.30 bits per heavy atom. The molecule has 104 valence electrons. The van der Waals surface area contributed by atoms with Gasteiger partial charge in [-0.05, 0) is 24.6 Å². The number of thiophene rings is 1. The van der Waals surface area contributed by atoms with Gasteiger partial charge in [0.05, 0.1) is 0 Å². The third-order valence-electron chi connectivity index (χ3n) is 2.84. The third-order valence-corrected chi connectivity index (χ3v) is 6.10. The maximum absolute atomic E-state index is 12.4. The number of nitrogens with zero attached hydrogens (tertiary/aromatic N) is 2. The Morgan fingerprint density at radius 2 is 2.05 bits per heavy atom. The minimum atomic E-state index is -3.54. The number of benzene rings is 1. The minimum absolute atomic E-state index is 0.198. The van der Waals surface area contributed by atoms with Crippen LogP contribution in [-0.2, 0) is 16.6 Å². The normalized spacial score (nSPS) is 11.5. The molecule has 0 saturated carbocycles. The molecule has 0 amide bonds. The highest BCUT2D eigenvalue weighted by Crippen LogP contribution is 2.24. The van der Waals surface area contributed by atoms with E-state index in [1.165, 1.54) is 16.4 Å². The summed E-state index contributed by atoms with van der Waals surface area (Å²) >= 11 is 0.991. The van der Waals surface area contributed by atoms with Crippen molar-refractivity contribution in [2.75, 3.05) is 7.05 Å². The number of rotatable bonds is 4. The van der Waals surface area contributed by atoms with E-state index in [4.69, 9.17) is 5.26 Å². The molecule has 2 rings (SSSR count). The molecule has 0 atom stereocenters. The zero-order chi connectivity index (χ0) is 14.8. The lowest BCUT2D eigenvalue weighted by Gasteiger charge is -2.16. The smallest absolute Gasteiger partial charge is 0.206 e. The van der Waals surface area contributed by atoms with Crippen LogP contribution in [0.4, 0.5) is 0 Å². The molecule has 2 aromatic rings. The van der Waals surface area contributed by atoms with Gasteiger partial charge in [-0.15, -0.1) is 11.3 Å². The molecule has 0 aliphatic heterocycles. The van der Waals surface area contributed by atoms with Crippen LogP contribution in [0.15, 0.2) is 40.6 Å². The lowest BCUT2D eigenvalue weighted by molar-refractivity contribution is 0.468. The molecule has 4 nitrogen and oxygen atoms in total. The first-order valence-corrected chi connectivity index (χ1v) is 8.21. The topological polar surface area (TPSA) is 61.2 Å². The van der Waals surface area contributed by atoms with Crippen LogP contribution in [0.2, 0.25) is 0 Å². The summed E-state index contributed by atoms with van der Waals surface area (Å²) in [4.78, 5) is 0.396. The fourth-order valence-electron chi connectivity index (χ4n) is 1.83. The predicted octanol–water partition coefficient (Wildman–Crippen LogP) is 2.75. The first-order chi connectivity index (χ1) is 9.43. The quantitative estimate of drug-likeness (QED) is 0.872. The van der Waals surface area contributed by atoms with Crippen molar-refractivity contribution in [1.29, 1.82) is 5.26 Å². The maximum atomic E-state index is 12.4. The number of hydrogen-bond acceptors (Lipinski definition) is 4. The monoisotopic (exact) mass is 306 g/mol. The summed E-state index contributed by atoms with van der Waals surface area (Å²) in [5.41, 5.74) is 2.03. The Hall–Kier alpha value is -1.68. The van der Waals surface area contributed by atoms with Gasteiger partial charge in [0.25, 0.3) is 10.0 Å². The summed E-state index contributed by atoms with van der Waals surface area (Å²) in [6, 6.07) is 12.7. The van der Waals surface area contributed by atoms with Gasteiger partial charge in [0.2, 0.25) is 0 Å². The van der Waals surface area contributed by atoms with Gasteiger partial charge < -0.3 is 0 Å². The Kier molecular flexibility index (Phi) is 4.23. The van der Waals surface area contributed by atoms with Crippen LogP contribution < -0.4 is 0 Å². The second kappa shape index (κ2) is 5.75. The van der Waals surface area contributed by atoms with Gasteiger partial charge in [0.15, 0.2) is 0 Å². The van der Waals surface area contributed by atoms with Crippen LogP contribution in [-0.4, -0.2) is 19.8 Å². The van der Waals surface area contributed by atoms with Crippen molar-refractivity contribution in [2.24, 2.45) is 0 Å². The average Bonchev–Trinajstić information content (AvgIpc) is 2.88. The largest absolute Gasteiger partial charge is 0.252 e. The second-order valence-electron chi connectivity index (χ2n) is 4.48. The highest BCUT2D eigenvalue weighted by molar-refractivity contribution is 7.91. The molecule has 0 radical (unpaired) electrons. The zero-order valence-corrected chi connectivity index (χ0v) is 12.8. The molecule has 0 N–H and O–H groups in total. The lowest BCUT2D eigenvalue weighted by atomic mass is 10.1. The maximum Gasteiger partial charge on any atom is 0.252 e. The average molecular weight is 306 g/mol. The van der Waals surface area contributed by atoms with E-state index in [-0.39, 0.29) is 4.21 Å². The summed E-state index contributed by atoms with van der Waals surface area (Å²) in [5, 5.41) is 8.77. The molecule has 6 heteroatoms. The van der Waals surface area contributed by atoms with E-state index in [1.54, 1.807) is 7.05 Å². The zero-order valence-electron chi connectivity index (χ0n) is 11.2. The van der Waals surface area contributed by atoms with Gasteiger partial charge in [-0.25, -0.2) is 8.42 Å². The van der Waals surface area contributed by atoms with Crippen LogP contribution >= 0.6 is 11.3 Å². The fraction of sp³-hybridized carbons (Fsp3) is 0.214. The predicted molar refractivity (Wildman–Crippen MR) is 78.9 cm³/mol. The molecule has 20 heavy (non-hydrogen) atoms. The minimum Gasteiger partial charge on any atom is -0.206 e. The van der Waals surface area contributed by atoms with E-state index in [1.807, 2.05) is 37.3 Å². The second-order valence-corrected chi connectivity index (χ2v) is 7.84. The van der Waals surface area contributed by atoms with Crippen LogP contribution in [0.5, 0.6) is 0 Å². The van der Waals surface area contributed by atoms with E-state index >= 15 is 0 Å². The third kappa shape index (κ3) is 3.07. The first-order valence-electron chi connectivity index (χ1n) is 5.95. The van der Waals surface area contributed by atoms with Crippen molar-refractivity contribution in [1.82, 2.24) is 4.31 Å². The molecular formula is C14H14N2O2S2. The van der Waals surface area contributed by atoms with Crippen molar-refractivity contribution >= 4 is 21.4 Å². The summed E-state index contributed by atoms with van der Waals surface area (Å²) in [5.74, 6) is 0. The number of aryl methyl sites for hydroxylation is 1. The molecule has 1 aromatic heterocycles. The Bertz CT molecular complexity index is 757. The van der Waals surface area contributed by atoms with E-state index in [0.717, 1.165) is 22.5 Å². The van der Waals surface area contributed by atoms with Crippen molar-refractivity contribution in [2.45, 2.75) is 17.7 Å². The Balaban J connectivity index is 2.23. The van der Waals surface area contributed by atoms with Crippen molar-refractivity contribution in [3.8, 4) is 6.07 Å². The molecule has 0 fully saturated rings. The van der Waals surface area contributed by atoms with Gasteiger partial charge in [-0.3, -0.25) is 0 Å². The number of sulfonamides is 1. The standard InChI is InChI=1S/C14H14N2O2S2/c1-11-4-3-5-12(8-11)10-16(2)20(17,18)14-7-6-13(9-15)19-14/h3-8H,10H2,1-2H3. The molecule has 1 heterocycles. The van der Waals surface area contributed by atoms with Crippen LogP contribution in [0, 0.1) is 18.3 Å². The van der Waals surface area contributed by atoms with Crippen molar-refractivity contribution in [3.05, 3.63) is 52.4 Å². The first kappa shape index (κ1) is 14.7. The highest BCUT2D eigenvalue weighted by Gasteiger charge is 2.23. The van der Waals surface area contributed by atoms with E-state index < -0.39 is 10.0 Å². The molecule has 0 aliphatic rings. The van der Waals surface area contributed by atoms with Crippen LogP contribution in [0.3, 0.4) is 0 Å². The number of hydrogen-bond donors (Lipinski definition) is 0. The van der Waals surface area contributed by atoms with Gasteiger partial charge in [0.1, 0.15) is 15.2 Å². The Labute approximate surface area is 123 Å². The SMILES string of the molecule is Cc1cccc(CN(C)S(=O)(=O)c2ccc(C#N)s2)c1. The van der Waals surface area contributed by atoms with E-state index in [2.05, 4.69) is 0 Å². The molecule has 0 saturated heterocycles. The van der Waals surface area contributed by atoms with Crippen LogP contribution in [0.25, 0.3) is 0 Å². The highest BCUT2D eigenvalue weighted by atomic mass is 32.2. The summed E-state index contributed by atoms with van der Waals surface area (Å²) < 4.78 is 26.3. The van der Waals surface area contributed by atoms with Crippen molar-refractivity contribution in [3.63, 3.8) is 0 Å². The number of nitriles is 1. The lowest BCUT2D eigenvalue weighted by Crippen LogP contribution is -2.25. The van der Waals surface area contributed by atoms with Gasteiger partial charge >= 0.3 is 0 Å². The molecule has 0 aliphatic carbocycles. The molecular weight excluding hydrogens is 292 g/mol. The molecule has 0 spiro atoms. The van der Waals surface area contributed by atoms with Crippen molar-refractivity contribution < 1.29 is 8.42 Å². The fourth-order valence-corrected chi connectivity index (χ4v) is 4.30. The summed E-state index contributed by atoms with van der Waals surface area (Å²) in [7, 11) is -1.99. The molecule has 0 unspecified atom stereocenters. The van der Waals surface area contributed by atoms with Crippen LogP contribution in [0.1, 0.15) is 16.0 Å². The van der Waals surface area contributed by atoms with E-state index in [9.17, 15) is 8.42 Å². The Morgan fingerprint density at radius 3 is 2.65 bits per heavy atom. The van der Waals surface area contributed by atoms with Gasteiger partial charge in [0, 0.05) is 13.6 Å².